The number of hydrogen-bond acceptors (Lipinski definition) is 3. The molecule has 84 valence electrons. The van der Waals surface area contributed by atoms with Gasteiger partial charge in [-0.25, -0.2) is 4.39 Å². The third-order valence-electron chi connectivity index (χ3n) is 3.00. The third-order valence-corrected chi connectivity index (χ3v) is 3.00. The Hall–Kier alpha value is -1.60. The highest BCUT2D eigenvalue weighted by atomic mass is 19.1. The maximum atomic E-state index is 13.4. The summed E-state index contributed by atoms with van der Waals surface area (Å²) >= 11 is 0. The molecule has 0 spiro atoms. The Kier molecular flexibility index (Phi) is 3.07. The van der Waals surface area contributed by atoms with Gasteiger partial charge in [0, 0.05) is 6.54 Å². The maximum Gasteiger partial charge on any atom is 0.143 e. The summed E-state index contributed by atoms with van der Waals surface area (Å²) < 4.78 is 13.4. The van der Waals surface area contributed by atoms with Crippen LogP contribution in [0.2, 0.25) is 0 Å². The lowest BCUT2D eigenvalue weighted by molar-refractivity contribution is 0.266. The Balaban J connectivity index is 2.40. The lowest BCUT2D eigenvalue weighted by atomic mass is 10.1. The Morgan fingerprint density at radius 3 is 3.06 bits per heavy atom. The highest BCUT2D eigenvalue weighted by molar-refractivity contribution is 5.61. The number of halogens is 1. The first kappa shape index (κ1) is 10.9. The van der Waals surface area contributed by atoms with E-state index in [1.165, 1.54) is 6.07 Å². The van der Waals surface area contributed by atoms with Gasteiger partial charge in [-0.3, -0.25) is 0 Å². The zero-order valence-electron chi connectivity index (χ0n) is 8.86. The zero-order chi connectivity index (χ0) is 11.5. The van der Waals surface area contributed by atoms with Gasteiger partial charge in [0.2, 0.25) is 0 Å². The van der Waals surface area contributed by atoms with Gasteiger partial charge in [-0.15, -0.1) is 0 Å². The Morgan fingerprint density at radius 2 is 2.38 bits per heavy atom. The maximum absolute atomic E-state index is 13.4. The molecule has 0 aliphatic carbocycles. The number of nitriles is 1. The van der Waals surface area contributed by atoms with Gasteiger partial charge in [0.1, 0.15) is 17.4 Å². The van der Waals surface area contributed by atoms with Gasteiger partial charge < -0.3 is 10.0 Å². The molecule has 4 heteroatoms. The van der Waals surface area contributed by atoms with Crippen LogP contribution >= 0.6 is 0 Å². The van der Waals surface area contributed by atoms with Gasteiger partial charge in [-0.1, -0.05) is 6.07 Å². The zero-order valence-corrected chi connectivity index (χ0v) is 8.86. The molecule has 16 heavy (non-hydrogen) atoms. The number of aliphatic hydroxyl groups is 1. The summed E-state index contributed by atoms with van der Waals surface area (Å²) in [6, 6.07) is 6.51. The second-order valence-electron chi connectivity index (χ2n) is 3.92. The van der Waals surface area contributed by atoms with Crippen molar-refractivity contribution < 1.29 is 9.50 Å². The van der Waals surface area contributed by atoms with Gasteiger partial charge in [-0.05, 0) is 25.0 Å². The molecular weight excluding hydrogens is 207 g/mol. The molecule has 1 saturated heterocycles. The third kappa shape index (κ3) is 1.74. The topological polar surface area (TPSA) is 47.3 Å². The van der Waals surface area contributed by atoms with E-state index in [4.69, 9.17) is 5.26 Å². The molecule has 3 nitrogen and oxygen atoms in total. The van der Waals surface area contributed by atoms with Crippen LogP contribution in [0.15, 0.2) is 18.2 Å². The van der Waals surface area contributed by atoms with E-state index in [9.17, 15) is 9.50 Å². The average Bonchev–Trinajstić information content (AvgIpc) is 2.76. The number of nitrogens with zero attached hydrogens (tertiary/aromatic N) is 2. The SMILES string of the molecule is N#Cc1c(F)cccc1N1CCC[C@@H]1CO. The summed E-state index contributed by atoms with van der Waals surface area (Å²) in [6.45, 7) is 0.810. The standard InChI is InChI=1S/C12H13FN2O/c13-11-4-1-5-12(10(11)7-14)15-6-2-3-9(15)8-16/h1,4-5,9,16H,2-3,6,8H2/t9-/m1/s1. The predicted molar refractivity (Wildman–Crippen MR) is 58.6 cm³/mol. The molecule has 1 fully saturated rings. The van der Waals surface area contributed by atoms with E-state index >= 15 is 0 Å². The highest BCUT2D eigenvalue weighted by Crippen LogP contribution is 2.29. The fourth-order valence-corrected chi connectivity index (χ4v) is 2.21. The average molecular weight is 220 g/mol. The molecule has 0 radical (unpaired) electrons. The van der Waals surface area contributed by atoms with Gasteiger partial charge in [-0.2, -0.15) is 5.26 Å². The first-order chi connectivity index (χ1) is 7.77. The van der Waals surface area contributed by atoms with Crippen LogP contribution < -0.4 is 4.90 Å². The van der Waals surface area contributed by atoms with E-state index < -0.39 is 5.82 Å². The summed E-state index contributed by atoms with van der Waals surface area (Å²) in [7, 11) is 0. The van der Waals surface area contributed by atoms with E-state index in [1.807, 2.05) is 11.0 Å². The molecule has 1 N–H and O–H groups in total. The van der Waals surface area contributed by atoms with Crippen LogP contribution in [0.4, 0.5) is 10.1 Å². The van der Waals surface area contributed by atoms with Crippen molar-refractivity contribution in [2.24, 2.45) is 0 Å². The highest BCUT2D eigenvalue weighted by Gasteiger charge is 2.26. The molecule has 2 rings (SSSR count). The van der Waals surface area contributed by atoms with Gasteiger partial charge in [0.05, 0.1) is 18.3 Å². The minimum atomic E-state index is -0.497. The summed E-state index contributed by atoms with van der Waals surface area (Å²) in [4.78, 5) is 1.92. The molecule has 1 atom stereocenters. The van der Waals surface area contributed by atoms with Gasteiger partial charge in [0.25, 0.3) is 0 Å². The van der Waals surface area contributed by atoms with Crippen LogP contribution in [-0.4, -0.2) is 24.3 Å². The summed E-state index contributed by atoms with van der Waals surface area (Å²) in [5.41, 5.74) is 0.668. The van der Waals surface area contributed by atoms with E-state index in [0.717, 1.165) is 19.4 Å². The minimum absolute atomic E-state index is 0.00824. The lowest BCUT2D eigenvalue weighted by Crippen LogP contribution is -2.32. The van der Waals surface area contributed by atoms with Crippen molar-refractivity contribution in [3.63, 3.8) is 0 Å². The van der Waals surface area contributed by atoms with Crippen LogP contribution in [0.5, 0.6) is 0 Å². The van der Waals surface area contributed by atoms with Crippen molar-refractivity contribution >= 4 is 5.69 Å². The molecule has 0 saturated carbocycles. The summed E-state index contributed by atoms with van der Waals surface area (Å²) in [6.07, 6.45) is 1.85. The Labute approximate surface area is 93.7 Å². The van der Waals surface area contributed by atoms with E-state index in [-0.39, 0.29) is 18.2 Å². The number of rotatable bonds is 2. The van der Waals surface area contributed by atoms with Gasteiger partial charge >= 0.3 is 0 Å². The van der Waals surface area contributed by atoms with Crippen molar-refractivity contribution in [3.05, 3.63) is 29.6 Å². The molecule has 1 aliphatic rings. The molecule has 1 aromatic rings. The number of aliphatic hydroxyl groups excluding tert-OH is 1. The minimum Gasteiger partial charge on any atom is -0.394 e. The quantitative estimate of drug-likeness (QED) is 0.824. The fraction of sp³-hybridized carbons (Fsp3) is 0.417. The second-order valence-corrected chi connectivity index (χ2v) is 3.92. The second kappa shape index (κ2) is 4.50. The van der Waals surface area contributed by atoms with Crippen LogP contribution in [0, 0.1) is 17.1 Å². The van der Waals surface area contributed by atoms with Crippen LogP contribution in [0.3, 0.4) is 0 Å². The first-order valence-electron chi connectivity index (χ1n) is 5.34. The first-order valence-corrected chi connectivity index (χ1v) is 5.34. The van der Waals surface area contributed by atoms with Crippen molar-refractivity contribution in [1.82, 2.24) is 0 Å². The largest absolute Gasteiger partial charge is 0.394 e. The molecule has 1 aliphatic heterocycles. The molecule has 0 unspecified atom stereocenters. The molecule has 0 bridgehead atoms. The van der Waals surface area contributed by atoms with Crippen molar-refractivity contribution in [2.75, 3.05) is 18.1 Å². The number of benzene rings is 1. The smallest absolute Gasteiger partial charge is 0.143 e. The van der Waals surface area contributed by atoms with Crippen LogP contribution in [0.1, 0.15) is 18.4 Å². The van der Waals surface area contributed by atoms with Crippen molar-refractivity contribution in [2.45, 2.75) is 18.9 Å². The lowest BCUT2D eigenvalue weighted by Gasteiger charge is -2.26. The van der Waals surface area contributed by atoms with E-state index in [0.29, 0.717) is 5.69 Å². The summed E-state index contributed by atoms with van der Waals surface area (Å²) in [5.74, 6) is -0.497. The molecule has 1 heterocycles. The number of hydrogen-bond donors (Lipinski definition) is 1. The van der Waals surface area contributed by atoms with E-state index in [1.54, 1.807) is 12.1 Å². The van der Waals surface area contributed by atoms with Crippen molar-refractivity contribution in [1.29, 1.82) is 5.26 Å². The van der Waals surface area contributed by atoms with Crippen molar-refractivity contribution in [3.8, 4) is 6.07 Å². The van der Waals surface area contributed by atoms with Crippen LogP contribution in [0.25, 0.3) is 0 Å². The predicted octanol–water partition coefficient (Wildman–Crippen LogP) is 1.66. The normalized spacial score (nSPS) is 19.8. The molecule has 0 aromatic heterocycles. The summed E-state index contributed by atoms with van der Waals surface area (Å²) in [5, 5.41) is 18.2. The van der Waals surface area contributed by atoms with E-state index in [2.05, 4.69) is 0 Å². The molecular formula is C12H13FN2O. The Morgan fingerprint density at radius 1 is 1.56 bits per heavy atom. The number of anilines is 1. The Bertz CT molecular complexity index is 428. The molecule has 0 amide bonds. The van der Waals surface area contributed by atoms with Crippen LogP contribution in [-0.2, 0) is 0 Å². The van der Waals surface area contributed by atoms with Gasteiger partial charge in [0.15, 0.2) is 0 Å². The molecule has 1 aromatic carbocycles. The fourth-order valence-electron chi connectivity index (χ4n) is 2.21. The monoisotopic (exact) mass is 220 g/mol.